The van der Waals surface area contributed by atoms with Crippen molar-refractivity contribution in [2.24, 2.45) is 0 Å². The van der Waals surface area contributed by atoms with Crippen molar-refractivity contribution in [3.05, 3.63) is 69.1 Å². The number of pyridine rings is 1. The third-order valence-corrected chi connectivity index (χ3v) is 5.75. The Labute approximate surface area is 169 Å². The fraction of sp³-hybridized carbons (Fsp3) is 0.350. The number of rotatable bonds is 6. The number of benzene rings is 1. The minimum atomic E-state index is -3.20. The Bertz CT molecular complexity index is 1100. The van der Waals surface area contributed by atoms with Crippen LogP contribution < -0.4 is 10.9 Å². The van der Waals surface area contributed by atoms with Crippen molar-refractivity contribution in [3.63, 3.8) is 0 Å². The van der Waals surface area contributed by atoms with Crippen LogP contribution in [0.25, 0.3) is 0 Å². The maximum atomic E-state index is 12.7. The van der Waals surface area contributed by atoms with Crippen LogP contribution in [0, 0.1) is 6.92 Å². The average Bonchev–Trinajstić information content (AvgIpc) is 2.66. The Morgan fingerprint density at radius 2 is 1.76 bits per heavy atom. The van der Waals surface area contributed by atoms with Gasteiger partial charge >= 0.3 is 0 Å². The number of aromatic nitrogens is 1. The van der Waals surface area contributed by atoms with E-state index in [1.807, 2.05) is 31.2 Å². The Morgan fingerprint density at radius 3 is 2.41 bits per heavy atom. The summed E-state index contributed by atoms with van der Waals surface area (Å²) in [6, 6.07) is 10.5. The van der Waals surface area contributed by atoms with E-state index in [4.69, 9.17) is 0 Å². The van der Waals surface area contributed by atoms with E-state index in [0.717, 1.165) is 17.4 Å². The van der Waals surface area contributed by atoms with Gasteiger partial charge in [0.05, 0.1) is 5.75 Å². The summed E-state index contributed by atoms with van der Waals surface area (Å²) in [6.45, 7) is 2.77. The molecule has 2 heterocycles. The maximum Gasteiger partial charge on any atom is 0.270 e. The van der Waals surface area contributed by atoms with Gasteiger partial charge in [-0.3, -0.25) is 14.4 Å². The second-order valence-corrected chi connectivity index (χ2v) is 9.44. The van der Waals surface area contributed by atoms with E-state index in [0.29, 0.717) is 6.54 Å². The molecule has 1 N–H and O–H groups in total. The van der Waals surface area contributed by atoms with Crippen molar-refractivity contribution in [1.82, 2.24) is 14.8 Å². The van der Waals surface area contributed by atoms with Crippen LogP contribution in [-0.4, -0.2) is 54.8 Å². The van der Waals surface area contributed by atoms with Gasteiger partial charge in [0, 0.05) is 32.4 Å². The molecule has 2 aromatic rings. The third-order valence-electron chi connectivity index (χ3n) is 4.82. The van der Waals surface area contributed by atoms with Crippen molar-refractivity contribution in [3.8, 4) is 0 Å². The molecule has 29 heavy (non-hydrogen) atoms. The van der Waals surface area contributed by atoms with Crippen molar-refractivity contribution >= 4 is 21.7 Å². The smallest absolute Gasteiger partial charge is 0.270 e. The fourth-order valence-corrected chi connectivity index (χ4v) is 3.67. The molecular weight excluding hydrogens is 394 g/mol. The Balaban J connectivity index is 1.74. The van der Waals surface area contributed by atoms with Crippen LogP contribution in [0.15, 0.2) is 41.2 Å². The van der Waals surface area contributed by atoms with Crippen LogP contribution in [0.2, 0.25) is 0 Å². The highest BCUT2D eigenvalue weighted by Gasteiger charge is 2.27. The highest BCUT2D eigenvalue weighted by molar-refractivity contribution is 7.90. The number of aryl methyl sites for hydroxylation is 1. The first kappa shape index (κ1) is 20.8. The van der Waals surface area contributed by atoms with E-state index in [1.165, 1.54) is 21.6 Å². The zero-order chi connectivity index (χ0) is 21.2. The van der Waals surface area contributed by atoms with E-state index in [9.17, 15) is 22.8 Å². The van der Waals surface area contributed by atoms with Gasteiger partial charge in [-0.1, -0.05) is 29.8 Å². The van der Waals surface area contributed by atoms with Crippen LogP contribution in [0.4, 0.5) is 0 Å². The first-order valence-electron chi connectivity index (χ1n) is 9.20. The largest absolute Gasteiger partial charge is 0.348 e. The number of hydrogen-bond acceptors (Lipinski definition) is 5. The molecule has 8 nitrogen and oxygen atoms in total. The zero-order valence-corrected chi connectivity index (χ0v) is 17.2. The molecule has 3 rings (SSSR count). The van der Waals surface area contributed by atoms with Crippen LogP contribution in [-0.2, 0) is 22.9 Å². The van der Waals surface area contributed by atoms with Crippen LogP contribution in [0.5, 0.6) is 0 Å². The lowest BCUT2D eigenvalue weighted by Crippen LogP contribution is -2.47. The zero-order valence-electron chi connectivity index (χ0n) is 16.3. The van der Waals surface area contributed by atoms with Gasteiger partial charge in [0.1, 0.15) is 21.1 Å². The lowest BCUT2D eigenvalue weighted by molar-refractivity contribution is 0.0710. The Kier molecular flexibility index (Phi) is 5.88. The number of nitrogens with zero attached hydrogens (tertiary/aromatic N) is 2. The molecule has 1 aliphatic rings. The molecule has 0 saturated carbocycles. The van der Waals surface area contributed by atoms with Crippen molar-refractivity contribution in [2.75, 3.05) is 25.1 Å². The topological polar surface area (TPSA) is 106 Å². The SMILES string of the molecule is Cc1ccc(CNC(=O)c2ccc3n(c2=O)CCN(CCS(C)(=O)=O)C3=O)cc1. The number of carbonyl (C=O) groups is 2. The number of nitrogens with one attached hydrogen (secondary N) is 1. The normalized spacial score (nSPS) is 13.9. The number of hydrogen-bond donors (Lipinski definition) is 1. The predicted molar refractivity (Wildman–Crippen MR) is 109 cm³/mol. The van der Waals surface area contributed by atoms with Gasteiger partial charge in [-0.2, -0.15) is 0 Å². The summed E-state index contributed by atoms with van der Waals surface area (Å²) >= 11 is 0. The monoisotopic (exact) mass is 417 g/mol. The van der Waals surface area contributed by atoms with Gasteiger partial charge in [0.25, 0.3) is 17.4 Å². The minimum absolute atomic E-state index is 0.0294. The van der Waals surface area contributed by atoms with Gasteiger partial charge in [0.15, 0.2) is 0 Å². The van der Waals surface area contributed by atoms with Gasteiger partial charge in [0.2, 0.25) is 0 Å². The van der Waals surface area contributed by atoms with E-state index in [-0.39, 0.29) is 36.6 Å². The molecule has 1 aromatic carbocycles. The maximum absolute atomic E-state index is 12.7. The van der Waals surface area contributed by atoms with E-state index < -0.39 is 27.2 Å². The molecule has 9 heteroatoms. The summed E-state index contributed by atoms with van der Waals surface area (Å²) < 4.78 is 24.0. The second kappa shape index (κ2) is 8.20. The molecule has 0 saturated heterocycles. The van der Waals surface area contributed by atoms with Crippen molar-refractivity contribution in [2.45, 2.75) is 20.0 Å². The van der Waals surface area contributed by atoms with Crippen LogP contribution in [0.1, 0.15) is 32.0 Å². The Morgan fingerprint density at radius 1 is 1.07 bits per heavy atom. The molecule has 0 fully saturated rings. The van der Waals surface area contributed by atoms with Gasteiger partial charge in [-0.15, -0.1) is 0 Å². The Hall–Kier alpha value is -2.94. The molecular formula is C20H23N3O5S. The lowest BCUT2D eigenvalue weighted by Gasteiger charge is -2.29. The van der Waals surface area contributed by atoms with Gasteiger partial charge < -0.3 is 14.8 Å². The summed E-state index contributed by atoms with van der Waals surface area (Å²) in [5.41, 5.74) is 1.63. The highest BCUT2D eigenvalue weighted by atomic mass is 32.2. The van der Waals surface area contributed by atoms with E-state index >= 15 is 0 Å². The molecule has 0 aliphatic carbocycles. The molecule has 2 amide bonds. The third kappa shape index (κ3) is 4.92. The predicted octanol–water partition coefficient (Wildman–Crippen LogP) is 0.587. The number of carbonyl (C=O) groups excluding carboxylic acids is 2. The summed E-state index contributed by atoms with van der Waals surface area (Å²) in [7, 11) is -3.20. The summed E-state index contributed by atoms with van der Waals surface area (Å²) in [6.07, 6.45) is 1.11. The molecule has 1 aromatic heterocycles. The van der Waals surface area contributed by atoms with Crippen LogP contribution in [0.3, 0.4) is 0 Å². The number of amides is 2. The standard InChI is InChI=1S/C20H23N3O5S/c1-14-3-5-15(6-4-14)13-21-18(24)16-7-8-17-20(26)22(11-12-29(2,27)28)9-10-23(17)19(16)25/h3-8H,9-13H2,1-2H3,(H,21,24). The average molecular weight is 417 g/mol. The van der Waals surface area contributed by atoms with Gasteiger partial charge in [-0.25, -0.2) is 8.42 Å². The van der Waals surface area contributed by atoms with E-state index in [2.05, 4.69) is 5.32 Å². The summed E-state index contributed by atoms with van der Waals surface area (Å²) in [4.78, 5) is 39.2. The van der Waals surface area contributed by atoms with Crippen molar-refractivity contribution < 1.29 is 18.0 Å². The van der Waals surface area contributed by atoms with E-state index in [1.54, 1.807) is 0 Å². The molecule has 154 valence electrons. The number of fused-ring (bicyclic) bond motifs is 1. The molecule has 0 radical (unpaired) electrons. The molecule has 1 aliphatic heterocycles. The molecule has 0 unspecified atom stereocenters. The lowest BCUT2D eigenvalue weighted by atomic mass is 10.1. The van der Waals surface area contributed by atoms with Crippen LogP contribution >= 0.6 is 0 Å². The first-order chi connectivity index (χ1) is 13.7. The molecule has 0 bridgehead atoms. The quantitative estimate of drug-likeness (QED) is 0.741. The first-order valence-corrected chi connectivity index (χ1v) is 11.3. The molecule has 0 atom stereocenters. The minimum Gasteiger partial charge on any atom is -0.348 e. The highest BCUT2D eigenvalue weighted by Crippen LogP contribution is 2.12. The summed E-state index contributed by atoms with van der Waals surface area (Å²) in [5, 5.41) is 2.72. The van der Waals surface area contributed by atoms with Gasteiger partial charge in [-0.05, 0) is 24.6 Å². The fourth-order valence-electron chi connectivity index (χ4n) is 3.12. The van der Waals surface area contributed by atoms with Crippen molar-refractivity contribution in [1.29, 1.82) is 0 Å². The second-order valence-electron chi connectivity index (χ2n) is 7.18. The number of sulfone groups is 1. The molecule has 0 spiro atoms. The summed E-state index contributed by atoms with van der Waals surface area (Å²) in [5.74, 6) is -1.05.